The molecule has 7 nitrogen and oxygen atoms in total. The van der Waals surface area contributed by atoms with Crippen LogP contribution in [0.4, 0.5) is 10.1 Å². The Kier molecular flexibility index (Phi) is 7.67. The molecule has 0 spiro atoms. The predicted octanol–water partition coefficient (Wildman–Crippen LogP) is 4.14. The van der Waals surface area contributed by atoms with Crippen LogP contribution in [0, 0.1) is 12.7 Å². The summed E-state index contributed by atoms with van der Waals surface area (Å²) >= 11 is 5.93. The molecule has 0 saturated carbocycles. The summed E-state index contributed by atoms with van der Waals surface area (Å²) in [6, 6.07) is 16.6. The number of halogens is 2. The standard InChI is InChI=1S/C23H21ClFN3O4S/c1-16-6-12-19(13-7-16)33(30,31)28(17-8-10-18(32-2)11-9-17)15-23(29)27-26-14-20-21(24)4-3-5-22(20)25/h3-14H,15H2,1-2H3,(H,27,29)/b26-14-. The van der Waals surface area contributed by atoms with Gasteiger partial charge in [0.25, 0.3) is 15.9 Å². The molecule has 1 amide bonds. The highest BCUT2D eigenvalue weighted by atomic mass is 35.5. The molecule has 1 N–H and O–H groups in total. The van der Waals surface area contributed by atoms with Crippen LogP contribution in [0.2, 0.25) is 5.02 Å². The van der Waals surface area contributed by atoms with Gasteiger partial charge in [0.2, 0.25) is 0 Å². The Morgan fingerprint density at radius 3 is 2.39 bits per heavy atom. The molecule has 0 radical (unpaired) electrons. The topological polar surface area (TPSA) is 88.1 Å². The number of benzene rings is 3. The van der Waals surface area contributed by atoms with E-state index in [1.165, 1.54) is 49.6 Å². The first-order valence-electron chi connectivity index (χ1n) is 9.72. The number of rotatable bonds is 8. The molecule has 0 saturated heterocycles. The lowest BCUT2D eigenvalue weighted by Crippen LogP contribution is -2.39. The van der Waals surface area contributed by atoms with Gasteiger partial charge in [-0.3, -0.25) is 9.10 Å². The van der Waals surface area contributed by atoms with E-state index in [0.29, 0.717) is 5.75 Å². The Morgan fingerprint density at radius 2 is 1.79 bits per heavy atom. The summed E-state index contributed by atoms with van der Waals surface area (Å²) in [6.45, 7) is 1.27. The van der Waals surface area contributed by atoms with Gasteiger partial charge in [-0.05, 0) is 55.5 Å². The molecule has 0 aliphatic rings. The van der Waals surface area contributed by atoms with Gasteiger partial charge >= 0.3 is 0 Å². The van der Waals surface area contributed by atoms with Crippen molar-refractivity contribution < 1.29 is 22.3 Å². The number of carbonyl (C=O) groups excluding carboxylic acids is 1. The third-order valence-electron chi connectivity index (χ3n) is 4.64. The highest BCUT2D eigenvalue weighted by Crippen LogP contribution is 2.26. The molecule has 0 unspecified atom stereocenters. The predicted molar refractivity (Wildman–Crippen MR) is 126 cm³/mol. The molecule has 0 aliphatic heterocycles. The van der Waals surface area contributed by atoms with Gasteiger partial charge in [-0.25, -0.2) is 18.2 Å². The summed E-state index contributed by atoms with van der Waals surface area (Å²) in [7, 11) is -2.59. The van der Waals surface area contributed by atoms with Crippen LogP contribution in [0.25, 0.3) is 0 Å². The largest absolute Gasteiger partial charge is 0.497 e. The van der Waals surface area contributed by atoms with Crippen molar-refractivity contribution in [2.45, 2.75) is 11.8 Å². The van der Waals surface area contributed by atoms with E-state index in [1.54, 1.807) is 24.3 Å². The molecule has 0 atom stereocenters. The molecule has 0 bridgehead atoms. The van der Waals surface area contributed by atoms with Crippen LogP contribution in [0.15, 0.2) is 76.7 Å². The zero-order chi connectivity index (χ0) is 24.0. The van der Waals surface area contributed by atoms with Gasteiger partial charge in [0.15, 0.2) is 0 Å². The molecule has 3 rings (SSSR count). The van der Waals surface area contributed by atoms with E-state index in [1.807, 2.05) is 6.92 Å². The van der Waals surface area contributed by atoms with Gasteiger partial charge < -0.3 is 4.74 Å². The average Bonchev–Trinajstić information content (AvgIpc) is 2.80. The Morgan fingerprint density at radius 1 is 1.12 bits per heavy atom. The van der Waals surface area contributed by atoms with E-state index in [2.05, 4.69) is 10.5 Å². The van der Waals surface area contributed by atoms with Crippen molar-refractivity contribution in [3.05, 3.63) is 88.7 Å². The summed E-state index contributed by atoms with van der Waals surface area (Å²) in [5, 5.41) is 3.83. The van der Waals surface area contributed by atoms with Gasteiger partial charge in [-0.2, -0.15) is 5.10 Å². The van der Waals surface area contributed by atoms with Crippen molar-refractivity contribution in [3.8, 4) is 5.75 Å². The smallest absolute Gasteiger partial charge is 0.264 e. The zero-order valence-corrected chi connectivity index (χ0v) is 19.4. The highest BCUT2D eigenvalue weighted by Gasteiger charge is 2.27. The Labute approximate surface area is 196 Å². The number of methoxy groups -OCH3 is 1. The van der Waals surface area contributed by atoms with Crippen molar-refractivity contribution in [1.82, 2.24) is 5.43 Å². The quantitative estimate of drug-likeness (QED) is 0.380. The van der Waals surface area contributed by atoms with Gasteiger partial charge in [0.1, 0.15) is 18.1 Å². The number of nitrogens with one attached hydrogen (secondary N) is 1. The van der Waals surface area contributed by atoms with Crippen LogP contribution >= 0.6 is 11.6 Å². The molecular weight excluding hydrogens is 469 g/mol. The minimum Gasteiger partial charge on any atom is -0.497 e. The van der Waals surface area contributed by atoms with E-state index in [9.17, 15) is 17.6 Å². The van der Waals surface area contributed by atoms with E-state index in [4.69, 9.17) is 16.3 Å². The van der Waals surface area contributed by atoms with Crippen molar-refractivity contribution in [1.29, 1.82) is 0 Å². The monoisotopic (exact) mass is 489 g/mol. The SMILES string of the molecule is COc1ccc(N(CC(=O)N/N=C\c2c(F)cccc2Cl)S(=O)(=O)c2ccc(C)cc2)cc1. The van der Waals surface area contributed by atoms with E-state index >= 15 is 0 Å². The lowest BCUT2D eigenvalue weighted by molar-refractivity contribution is -0.119. The first-order chi connectivity index (χ1) is 15.7. The van der Waals surface area contributed by atoms with Crippen molar-refractivity contribution in [2.24, 2.45) is 5.10 Å². The number of nitrogens with zero attached hydrogens (tertiary/aromatic N) is 2. The number of hydrazone groups is 1. The Hall–Kier alpha value is -3.43. The minimum absolute atomic E-state index is 0.00115. The average molecular weight is 490 g/mol. The number of aryl methyl sites for hydroxylation is 1. The highest BCUT2D eigenvalue weighted by molar-refractivity contribution is 7.92. The van der Waals surface area contributed by atoms with Crippen LogP contribution in [0.5, 0.6) is 5.75 Å². The molecule has 0 heterocycles. The second kappa shape index (κ2) is 10.5. The molecule has 0 aliphatic carbocycles. The second-order valence-corrected chi connectivity index (χ2v) is 9.22. The summed E-state index contributed by atoms with van der Waals surface area (Å²) in [4.78, 5) is 12.6. The summed E-state index contributed by atoms with van der Waals surface area (Å²) in [5.41, 5.74) is 3.36. The summed E-state index contributed by atoms with van der Waals surface area (Å²) < 4.78 is 46.6. The van der Waals surface area contributed by atoms with Crippen molar-refractivity contribution in [3.63, 3.8) is 0 Å². The van der Waals surface area contributed by atoms with Gasteiger partial charge in [-0.15, -0.1) is 0 Å². The van der Waals surface area contributed by atoms with Gasteiger partial charge in [-0.1, -0.05) is 35.4 Å². The van der Waals surface area contributed by atoms with Gasteiger partial charge in [0.05, 0.1) is 28.9 Å². The maximum atomic E-state index is 13.9. The molecule has 10 heteroatoms. The summed E-state index contributed by atoms with van der Waals surface area (Å²) in [6.07, 6.45) is 1.06. The molecular formula is C23H21ClFN3O4S. The van der Waals surface area contributed by atoms with Crippen LogP contribution in [0.3, 0.4) is 0 Å². The fraction of sp³-hybridized carbons (Fsp3) is 0.130. The Bertz CT molecular complexity index is 1240. The van der Waals surface area contributed by atoms with Gasteiger partial charge in [0, 0.05) is 5.56 Å². The number of carbonyl (C=O) groups is 1. The first kappa shape index (κ1) is 24.2. The summed E-state index contributed by atoms with van der Waals surface area (Å²) in [5.74, 6) is -0.810. The second-order valence-electron chi connectivity index (χ2n) is 6.95. The van der Waals surface area contributed by atoms with Crippen molar-refractivity contribution >= 4 is 39.4 Å². The number of anilines is 1. The molecule has 3 aromatic carbocycles. The van der Waals surface area contributed by atoms with Crippen LogP contribution in [-0.2, 0) is 14.8 Å². The molecule has 3 aromatic rings. The van der Waals surface area contributed by atoms with Crippen LogP contribution < -0.4 is 14.5 Å². The molecule has 33 heavy (non-hydrogen) atoms. The van der Waals surface area contributed by atoms with Crippen LogP contribution in [0.1, 0.15) is 11.1 Å². The fourth-order valence-electron chi connectivity index (χ4n) is 2.87. The third-order valence-corrected chi connectivity index (χ3v) is 6.76. The van der Waals surface area contributed by atoms with E-state index in [-0.39, 0.29) is 21.2 Å². The Balaban J connectivity index is 1.86. The lowest BCUT2D eigenvalue weighted by Gasteiger charge is -2.24. The van der Waals surface area contributed by atoms with E-state index in [0.717, 1.165) is 16.1 Å². The number of hydrogen-bond donors (Lipinski definition) is 1. The fourth-order valence-corrected chi connectivity index (χ4v) is 4.50. The number of ether oxygens (including phenoxy) is 1. The van der Waals surface area contributed by atoms with Crippen LogP contribution in [-0.4, -0.2) is 34.2 Å². The molecule has 0 fully saturated rings. The maximum absolute atomic E-state index is 13.9. The third kappa shape index (κ3) is 5.88. The molecule has 172 valence electrons. The van der Waals surface area contributed by atoms with Crippen molar-refractivity contribution in [2.75, 3.05) is 18.0 Å². The lowest BCUT2D eigenvalue weighted by atomic mass is 10.2. The first-order valence-corrected chi connectivity index (χ1v) is 11.5. The normalized spacial score (nSPS) is 11.4. The van der Waals surface area contributed by atoms with E-state index < -0.39 is 28.3 Å². The minimum atomic E-state index is -4.08. The molecule has 0 aromatic heterocycles. The number of hydrogen-bond acceptors (Lipinski definition) is 5. The maximum Gasteiger partial charge on any atom is 0.264 e. The zero-order valence-electron chi connectivity index (χ0n) is 17.8. The number of sulfonamides is 1. The number of amides is 1.